The number of aliphatic hydroxyl groups excluding tert-OH is 1. The Kier molecular flexibility index (Phi) is 9.59. The highest BCUT2D eigenvalue weighted by Crippen LogP contribution is 2.42. The van der Waals surface area contributed by atoms with Crippen LogP contribution in [0.2, 0.25) is 0 Å². The first-order valence-corrected chi connectivity index (χ1v) is 14.2. The Morgan fingerprint density at radius 2 is 1.51 bits per heavy atom. The molecule has 0 radical (unpaired) electrons. The van der Waals surface area contributed by atoms with Crippen LogP contribution in [0.15, 0.2) is 108 Å². The van der Waals surface area contributed by atoms with E-state index < -0.39 is 11.6 Å². The topological polar surface area (TPSA) is 98.6 Å². The summed E-state index contributed by atoms with van der Waals surface area (Å²) in [6, 6.07) is 32.5. The van der Waals surface area contributed by atoms with Crippen LogP contribution in [0.4, 0.5) is 0 Å². The maximum Gasteiger partial charge on any atom is 0.252 e. The summed E-state index contributed by atoms with van der Waals surface area (Å²) < 4.78 is 23.1. The standard InChI is InChI=1S/C35H36N2O6/c1-40-30-20-26(21-31(22-30)41-2)24-36-34(39)35(23-25-10-5-3-6-11-25)32(27-12-7-4-8-13-27)43-33(37-35)28-14-16-29(17-15-28)42-19-9-18-38/h3-8,10-17,20-22,32,38H,9,18-19,23-24H2,1-2H3,(H,36,39)/t32-,35-/m1/s1. The first-order valence-electron chi connectivity index (χ1n) is 14.2. The van der Waals surface area contributed by atoms with Crippen LogP contribution in [0.25, 0.3) is 0 Å². The Bertz CT molecular complexity index is 1500. The predicted molar refractivity (Wildman–Crippen MR) is 165 cm³/mol. The molecule has 4 aromatic rings. The second kappa shape index (κ2) is 13.9. The van der Waals surface area contributed by atoms with E-state index in [9.17, 15) is 4.79 Å². The molecule has 1 aliphatic heterocycles. The number of carbonyl (C=O) groups excluding carboxylic acids is 1. The van der Waals surface area contributed by atoms with Gasteiger partial charge in [-0.2, -0.15) is 0 Å². The van der Waals surface area contributed by atoms with Crippen molar-refractivity contribution in [1.29, 1.82) is 0 Å². The lowest BCUT2D eigenvalue weighted by Crippen LogP contribution is -2.49. The van der Waals surface area contributed by atoms with Crippen LogP contribution >= 0.6 is 0 Å². The Morgan fingerprint density at radius 3 is 2.14 bits per heavy atom. The van der Waals surface area contributed by atoms with E-state index in [0.29, 0.717) is 42.6 Å². The fourth-order valence-electron chi connectivity index (χ4n) is 5.12. The van der Waals surface area contributed by atoms with Gasteiger partial charge in [0.25, 0.3) is 5.91 Å². The molecule has 5 rings (SSSR count). The van der Waals surface area contributed by atoms with Gasteiger partial charge in [0.05, 0.1) is 20.8 Å². The highest BCUT2D eigenvalue weighted by Gasteiger charge is 2.53. The van der Waals surface area contributed by atoms with Gasteiger partial charge in [-0.1, -0.05) is 60.7 Å². The van der Waals surface area contributed by atoms with E-state index in [2.05, 4.69) is 5.32 Å². The Hall–Kier alpha value is -4.82. The molecule has 0 saturated heterocycles. The van der Waals surface area contributed by atoms with Crippen LogP contribution in [-0.4, -0.2) is 49.9 Å². The number of ether oxygens (including phenoxy) is 4. The highest BCUT2D eigenvalue weighted by atomic mass is 16.5. The summed E-state index contributed by atoms with van der Waals surface area (Å²) in [4.78, 5) is 19.5. The highest BCUT2D eigenvalue weighted by molar-refractivity contribution is 6.01. The van der Waals surface area contributed by atoms with Gasteiger partial charge in [-0.05, 0) is 53.1 Å². The van der Waals surface area contributed by atoms with E-state index in [1.807, 2.05) is 97.1 Å². The molecule has 0 aliphatic carbocycles. The van der Waals surface area contributed by atoms with Crippen molar-refractivity contribution in [3.05, 3.63) is 125 Å². The molecule has 0 fully saturated rings. The summed E-state index contributed by atoms with van der Waals surface area (Å²) in [5, 5.41) is 12.2. The molecule has 4 aromatic carbocycles. The number of aliphatic hydroxyl groups is 1. The second-order valence-corrected chi connectivity index (χ2v) is 10.3. The van der Waals surface area contributed by atoms with Gasteiger partial charge in [0.15, 0.2) is 11.6 Å². The van der Waals surface area contributed by atoms with E-state index in [0.717, 1.165) is 22.3 Å². The van der Waals surface area contributed by atoms with Gasteiger partial charge >= 0.3 is 0 Å². The fraction of sp³-hybridized carbons (Fsp3) is 0.257. The minimum absolute atomic E-state index is 0.0700. The fourth-order valence-corrected chi connectivity index (χ4v) is 5.12. The lowest BCUT2D eigenvalue weighted by molar-refractivity contribution is -0.129. The van der Waals surface area contributed by atoms with Crippen LogP contribution in [0.3, 0.4) is 0 Å². The summed E-state index contributed by atoms with van der Waals surface area (Å²) in [7, 11) is 3.19. The molecule has 1 heterocycles. The summed E-state index contributed by atoms with van der Waals surface area (Å²) in [6.45, 7) is 0.735. The van der Waals surface area contributed by atoms with Crippen LogP contribution in [-0.2, 0) is 22.5 Å². The average molecular weight is 581 g/mol. The molecule has 222 valence electrons. The van der Waals surface area contributed by atoms with Crippen molar-refractivity contribution in [2.45, 2.75) is 31.0 Å². The van der Waals surface area contributed by atoms with Crippen molar-refractivity contribution in [1.82, 2.24) is 5.32 Å². The molecular weight excluding hydrogens is 544 g/mol. The van der Waals surface area contributed by atoms with Gasteiger partial charge in [0.1, 0.15) is 17.2 Å². The molecule has 0 aromatic heterocycles. The van der Waals surface area contributed by atoms with E-state index in [-0.39, 0.29) is 19.1 Å². The minimum atomic E-state index is -1.29. The number of rotatable bonds is 13. The van der Waals surface area contributed by atoms with Gasteiger partial charge in [-0.3, -0.25) is 4.79 Å². The van der Waals surface area contributed by atoms with Gasteiger partial charge in [0.2, 0.25) is 5.90 Å². The summed E-state index contributed by atoms with van der Waals surface area (Å²) >= 11 is 0. The molecule has 0 bridgehead atoms. The summed E-state index contributed by atoms with van der Waals surface area (Å²) in [6.07, 6.45) is 0.201. The van der Waals surface area contributed by atoms with Crippen molar-refractivity contribution in [2.75, 3.05) is 27.4 Å². The smallest absolute Gasteiger partial charge is 0.252 e. The molecule has 0 unspecified atom stereocenters. The predicted octanol–water partition coefficient (Wildman–Crippen LogP) is 5.28. The van der Waals surface area contributed by atoms with Crippen molar-refractivity contribution < 1.29 is 28.8 Å². The molecule has 0 saturated carbocycles. The summed E-state index contributed by atoms with van der Waals surface area (Å²) in [5.41, 5.74) is 2.07. The van der Waals surface area contributed by atoms with Gasteiger partial charge < -0.3 is 29.4 Å². The number of benzene rings is 4. The first kappa shape index (κ1) is 29.7. The molecule has 2 atom stereocenters. The van der Waals surface area contributed by atoms with Gasteiger partial charge in [0, 0.05) is 37.6 Å². The molecule has 2 N–H and O–H groups in total. The van der Waals surface area contributed by atoms with Gasteiger partial charge in [-0.25, -0.2) is 4.99 Å². The third kappa shape index (κ3) is 6.98. The SMILES string of the molecule is COc1cc(CNC(=O)[C@]2(Cc3ccccc3)N=C(c3ccc(OCCCO)cc3)O[C@@H]2c2ccccc2)cc(OC)c1. The molecule has 1 amide bonds. The van der Waals surface area contributed by atoms with Gasteiger partial charge in [-0.15, -0.1) is 0 Å². The van der Waals surface area contributed by atoms with Crippen molar-refractivity contribution in [3.63, 3.8) is 0 Å². The van der Waals surface area contributed by atoms with Crippen molar-refractivity contribution >= 4 is 11.8 Å². The van der Waals surface area contributed by atoms with E-state index in [1.165, 1.54) is 0 Å². The number of nitrogens with zero attached hydrogens (tertiary/aromatic N) is 1. The number of hydrogen-bond donors (Lipinski definition) is 2. The van der Waals surface area contributed by atoms with Crippen LogP contribution in [0, 0.1) is 0 Å². The van der Waals surface area contributed by atoms with Crippen LogP contribution < -0.4 is 19.5 Å². The monoisotopic (exact) mass is 580 g/mol. The number of carbonyl (C=O) groups is 1. The normalized spacial score (nSPS) is 17.5. The van der Waals surface area contributed by atoms with E-state index in [1.54, 1.807) is 20.3 Å². The number of methoxy groups -OCH3 is 2. The Balaban J connectivity index is 1.52. The number of nitrogens with one attached hydrogen (secondary N) is 1. The van der Waals surface area contributed by atoms with E-state index >= 15 is 0 Å². The Morgan fingerprint density at radius 1 is 0.860 bits per heavy atom. The molecule has 0 spiro atoms. The zero-order chi connectivity index (χ0) is 30.1. The number of aliphatic imine (C=N–C) groups is 1. The average Bonchev–Trinajstić information content (AvgIpc) is 3.45. The van der Waals surface area contributed by atoms with Crippen molar-refractivity contribution in [2.24, 2.45) is 4.99 Å². The molecule has 8 nitrogen and oxygen atoms in total. The minimum Gasteiger partial charge on any atom is -0.497 e. The zero-order valence-electron chi connectivity index (χ0n) is 24.4. The van der Waals surface area contributed by atoms with Crippen LogP contribution in [0.1, 0.15) is 34.8 Å². The third-order valence-electron chi connectivity index (χ3n) is 7.31. The van der Waals surface area contributed by atoms with E-state index in [4.69, 9.17) is 29.0 Å². The molecule has 8 heteroatoms. The summed E-state index contributed by atoms with van der Waals surface area (Å²) in [5.74, 6) is 2.07. The van der Waals surface area contributed by atoms with Crippen molar-refractivity contribution in [3.8, 4) is 17.2 Å². The lowest BCUT2D eigenvalue weighted by atomic mass is 9.82. The maximum atomic E-state index is 14.4. The Labute approximate surface area is 251 Å². The largest absolute Gasteiger partial charge is 0.497 e. The lowest BCUT2D eigenvalue weighted by Gasteiger charge is -2.31. The number of amides is 1. The third-order valence-corrected chi connectivity index (χ3v) is 7.31. The molecule has 1 aliphatic rings. The number of hydrogen-bond acceptors (Lipinski definition) is 7. The maximum absolute atomic E-state index is 14.4. The molecule has 43 heavy (non-hydrogen) atoms. The molecular formula is C35H36N2O6. The zero-order valence-corrected chi connectivity index (χ0v) is 24.4. The quantitative estimate of drug-likeness (QED) is 0.209. The first-order chi connectivity index (χ1) is 21.0. The van der Waals surface area contributed by atoms with Crippen LogP contribution in [0.5, 0.6) is 17.2 Å². The second-order valence-electron chi connectivity index (χ2n) is 10.3.